The van der Waals surface area contributed by atoms with E-state index in [0.717, 1.165) is 61.0 Å². The Morgan fingerprint density at radius 3 is 3.12 bits per heavy atom. The van der Waals surface area contributed by atoms with Crippen molar-refractivity contribution < 1.29 is 9.53 Å². The maximum absolute atomic E-state index is 11.7. The van der Waals surface area contributed by atoms with Gasteiger partial charge in [0.1, 0.15) is 0 Å². The third-order valence-electron chi connectivity index (χ3n) is 4.93. The molecule has 25 heavy (non-hydrogen) atoms. The summed E-state index contributed by atoms with van der Waals surface area (Å²) in [5, 5.41) is 4.37. The number of rotatable bonds is 4. The van der Waals surface area contributed by atoms with E-state index in [4.69, 9.17) is 9.72 Å². The number of fused-ring (bicyclic) bond motifs is 1. The smallest absolute Gasteiger partial charge is 0.223 e. The van der Waals surface area contributed by atoms with Crippen molar-refractivity contribution in [3.05, 3.63) is 28.6 Å². The lowest BCUT2D eigenvalue weighted by Gasteiger charge is -2.14. The van der Waals surface area contributed by atoms with Gasteiger partial charge in [0, 0.05) is 42.7 Å². The molecule has 0 radical (unpaired) electrons. The number of benzene rings is 1. The number of carbonyl (C=O) groups excluding carboxylic acids is 1. The lowest BCUT2D eigenvalue weighted by molar-refractivity contribution is -0.116. The van der Waals surface area contributed by atoms with Gasteiger partial charge in [0.2, 0.25) is 5.91 Å². The predicted molar refractivity (Wildman–Crippen MR) is 101 cm³/mol. The maximum atomic E-state index is 11.7. The van der Waals surface area contributed by atoms with Crippen molar-refractivity contribution in [1.82, 2.24) is 4.98 Å². The van der Waals surface area contributed by atoms with Crippen LogP contribution < -0.4 is 10.2 Å². The summed E-state index contributed by atoms with van der Waals surface area (Å²) in [6.45, 7) is 6.21. The molecule has 2 aliphatic rings. The van der Waals surface area contributed by atoms with Gasteiger partial charge < -0.3 is 15.0 Å². The molecule has 1 atom stereocenters. The number of hydrogen-bond donors (Lipinski definition) is 1. The SMILES string of the molecule is CC(=O)N1CCc2cc(-c3nc(NC[C@H]4CCCO4)sc3C)ccc21. The molecule has 1 saturated heterocycles. The van der Waals surface area contributed by atoms with Gasteiger partial charge in [-0.3, -0.25) is 4.79 Å². The van der Waals surface area contributed by atoms with E-state index in [1.807, 2.05) is 4.90 Å². The molecule has 6 heteroatoms. The van der Waals surface area contributed by atoms with Crippen LogP contribution in [0.2, 0.25) is 0 Å². The average molecular weight is 357 g/mol. The number of ether oxygens (including phenoxy) is 1. The number of thiazole rings is 1. The normalized spacial score (nSPS) is 19.3. The molecule has 2 aliphatic heterocycles. The van der Waals surface area contributed by atoms with Crippen LogP contribution in [0.3, 0.4) is 0 Å². The minimum atomic E-state index is 0.108. The summed E-state index contributed by atoms with van der Waals surface area (Å²) in [6, 6.07) is 6.31. The van der Waals surface area contributed by atoms with Gasteiger partial charge in [-0.05, 0) is 43.9 Å². The van der Waals surface area contributed by atoms with Gasteiger partial charge in [0.25, 0.3) is 0 Å². The van der Waals surface area contributed by atoms with Crippen LogP contribution in [-0.4, -0.2) is 36.7 Å². The zero-order valence-corrected chi connectivity index (χ0v) is 15.5. The van der Waals surface area contributed by atoms with Crippen molar-refractivity contribution in [3.8, 4) is 11.3 Å². The first-order chi connectivity index (χ1) is 12.1. The van der Waals surface area contributed by atoms with Crippen molar-refractivity contribution in [2.75, 3.05) is 29.9 Å². The van der Waals surface area contributed by atoms with E-state index in [2.05, 4.69) is 30.4 Å². The van der Waals surface area contributed by atoms with Crippen LogP contribution in [-0.2, 0) is 16.0 Å². The fourth-order valence-corrected chi connectivity index (χ4v) is 4.47. The summed E-state index contributed by atoms with van der Waals surface area (Å²) in [4.78, 5) is 19.5. The first-order valence-corrected chi connectivity index (χ1v) is 9.68. The predicted octanol–water partition coefficient (Wildman–Crippen LogP) is 3.62. The zero-order valence-electron chi connectivity index (χ0n) is 14.7. The second kappa shape index (κ2) is 6.77. The Bertz CT molecular complexity index is 796. The molecule has 0 unspecified atom stereocenters. The number of nitrogens with one attached hydrogen (secondary N) is 1. The number of carbonyl (C=O) groups is 1. The number of aromatic nitrogens is 1. The van der Waals surface area contributed by atoms with Crippen molar-refractivity contribution in [3.63, 3.8) is 0 Å². The molecule has 5 nitrogen and oxygen atoms in total. The minimum absolute atomic E-state index is 0.108. The second-order valence-electron chi connectivity index (χ2n) is 6.70. The average Bonchev–Trinajstić information content (AvgIpc) is 3.31. The Morgan fingerprint density at radius 2 is 2.36 bits per heavy atom. The lowest BCUT2D eigenvalue weighted by atomic mass is 10.1. The van der Waals surface area contributed by atoms with Gasteiger partial charge in [0.15, 0.2) is 5.13 Å². The summed E-state index contributed by atoms with van der Waals surface area (Å²) in [5.41, 5.74) is 4.43. The molecule has 132 valence electrons. The van der Waals surface area contributed by atoms with E-state index in [1.165, 1.54) is 10.4 Å². The van der Waals surface area contributed by atoms with Gasteiger partial charge >= 0.3 is 0 Å². The Hall–Kier alpha value is -1.92. The fraction of sp³-hybridized carbons (Fsp3) is 0.474. The summed E-state index contributed by atoms with van der Waals surface area (Å²) >= 11 is 1.69. The highest BCUT2D eigenvalue weighted by atomic mass is 32.1. The van der Waals surface area contributed by atoms with E-state index in [9.17, 15) is 4.79 Å². The highest BCUT2D eigenvalue weighted by Gasteiger charge is 2.23. The molecule has 0 aliphatic carbocycles. The van der Waals surface area contributed by atoms with E-state index in [1.54, 1.807) is 18.3 Å². The van der Waals surface area contributed by atoms with Crippen LogP contribution in [0.25, 0.3) is 11.3 Å². The van der Waals surface area contributed by atoms with Gasteiger partial charge in [-0.2, -0.15) is 0 Å². The molecular formula is C19H23N3O2S. The van der Waals surface area contributed by atoms with Gasteiger partial charge in [0.05, 0.1) is 11.8 Å². The molecule has 4 rings (SSSR count). The zero-order chi connectivity index (χ0) is 17.4. The topological polar surface area (TPSA) is 54.5 Å². The van der Waals surface area contributed by atoms with Gasteiger partial charge in [-0.1, -0.05) is 6.07 Å². The Morgan fingerprint density at radius 1 is 1.48 bits per heavy atom. The van der Waals surface area contributed by atoms with E-state index in [-0.39, 0.29) is 5.91 Å². The number of aryl methyl sites for hydroxylation is 1. The number of nitrogens with zero attached hydrogens (tertiary/aromatic N) is 2. The quantitative estimate of drug-likeness (QED) is 0.908. The first-order valence-electron chi connectivity index (χ1n) is 8.86. The summed E-state index contributed by atoms with van der Waals surface area (Å²) in [6.07, 6.45) is 3.50. The van der Waals surface area contributed by atoms with Crippen molar-refractivity contribution in [1.29, 1.82) is 0 Å². The number of anilines is 2. The molecule has 0 spiro atoms. The largest absolute Gasteiger partial charge is 0.376 e. The van der Waals surface area contributed by atoms with E-state index < -0.39 is 0 Å². The van der Waals surface area contributed by atoms with Gasteiger partial charge in [-0.25, -0.2) is 4.98 Å². The number of hydrogen-bond acceptors (Lipinski definition) is 5. The Kier molecular flexibility index (Phi) is 4.48. The fourth-order valence-electron chi connectivity index (χ4n) is 3.62. The molecule has 3 heterocycles. The molecule has 1 aromatic heterocycles. The molecule has 1 aromatic carbocycles. The Labute approximate surface area is 152 Å². The first kappa shape index (κ1) is 16.5. The molecule has 1 N–H and O–H groups in total. The Balaban J connectivity index is 1.53. The molecule has 0 saturated carbocycles. The summed E-state index contributed by atoms with van der Waals surface area (Å²) in [7, 11) is 0. The van der Waals surface area contributed by atoms with Crippen LogP contribution >= 0.6 is 11.3 Å². The van der Waals surface area contributed by atoms with E-state index in [0.29, 0.717) is 6.10 Å². The van der Waals surface area contributed by atoms with Crippen LogP contribution in [0.4, 0.5) is 10.8 Å². The third-order valence-corrected chi connectivity index (χ3v) is 5.86. The maximum Gasteiger partial charge on any atom is 0.223 e. The van der Waals surface area contributed by atoms with Crippen molar-refractivity contribution in [2.24, 2.45) is 0 Å². The van der Waals surface area contributed by atoms with Crippen LogP contribution in [0.5, 0.6) is 0 Å². The van der Waals surface area contributed by atoms with Crippen LogP contribution in [0.15, 0.2) is 18.2 Å². The van der Waals surface area contributed by atoms with Crippen LogP contribution in [0.1, 0.15) is 30.2 Å². The molecular weight excluding hydrogens is 334 g/mol. The molecule has 2 aromatic rings. The highest BCUT2D eigenvalue weighted by molar-refractivity contribution is 7.16. The van der Waals surface area contributed by atoms with E-state index >= 15 is 0 Å². The van der Waals surface area contributed by atoms with Crippen LogP contribution in [0, 0.1) is 6.92 Å². The lowest BCUT2D eigenvalue weighted by Crippen LogP contribution is -2.25. The standard InChI is InChI=1S/C19H23N3O2S/c1-12-18(21-19(25-12)20-11-16-4-3-9-24-16)15-5-6-17-14(10-15)7-8-22(17)13(2)23/h5-6,10,16H,3-4,7-9,11H2,1-2H3,(H,20,21)/t16-/m1/s1. The molecule has 1 amide bonds. The third kappa shape index (κ3) is 3.28. The van der Waals surface area contributed by atoms with Crippen molar-refractivity contribution >= 4 is 28.1 Å². The van der Waals surface area contributed by atoms with Crippen molar-refractivity contribution in [2.45, 2.75) is 39.2 Å². The molecule has 0 bridgehead atoms. The highest BCUT2D eigenvalue weighted by Crippen LogP contribution is 2.35. The molecule has 1 fully saturated rings. The second-order valence-corrected chi connectivity index (χ2v) is 7.91. The number of amides is 1. The monoisotopic (exact) mass is 357 g/mol. The summed E-state index contributed by atoms with van der Waals surface area (Å²) in [5.74, 6) is 0.108. The minimum Gasteiger partial charge on any atom is -0.376 e. The van der Waals surface area contributed by atoms with Gasteiger partial charge in [-0.15, -0.1) is 11.3 Å². The summed E-state index contributed by atoms with van der Waals surface area (Å²) < 4.78 is 5.66.